The lowest BCUT2D eigenvalue weighted by atomic mass is 10.1. The molecule has 2 nitrogen and oxygen atoms in total. The van der Waals surface area contributed by atoms with Crippen molar-refractivity contribution in [3.63, 3.8) is 0 Å². The quantitative estimate of drug-likeness (QED) is 0.408. The summed E-state index contributed by atoms with van der Waals surface area (Å²) in [7, 11) is 0. The van der Waals surface area contributed by atoms with E-state index in [-0.39, 0.29) is 6.10 Å². The molecular formula is C11H18Cl2O2. The fourth-order valence-corrected chi connectivity index (χ4v) is 1.37. The first-order valence-corrected chi connectivity index (χ1v) is 5.74. The number of carbonyl (C=O) groups is 1. The summed E-state index contributed by atoms with van der Waals surface area (Å²) >= 11 is 11.8. The van der Waals surface area contributed by atoms with Gasteiger partial charge in [0.1, 0.15) is 0 Å². The molecule has 0 aliphatic carbocycles. The van der Waals surface area contributed by atoms with Crippen LogP contribution in [0.4, 0.5) is 0 Å². The Morgan fingerprint density at radius 3 is 2.40 bits per heavy atom. The molecule has 0 aromatic rings. The minimum atomic E-state index is -1.43. The van der Waals surface area contributed by atoms with Crippen LogP contribution in [0.15, 0.2) is 12.2 Å². The van der Waals surface area contributed by atoms with Gasteiger partial charge in [-0.05, 0) is 40.0 Å². The predicted molar refractivity (Wildman–Crippen MR) is 64.3 cm³/mol. The molecule has 0 bridgehead atoms. The highest BCUT2D eigenvalue weighted by atomic mass is 35.5. The second kappa shape index (κ2) is 6.39. The number of esters is 1. The molecule has 0 aromatic carbocycles. The number of alkyl halides is 2. The van der Waals surface area contributed by atoms with Gasteiger partial charge in [0.05, 0.1) is 6.10 Å². The maximum atomic E-state index is 11.4. The van der Waals surface area contributed by atoms with Crippen molar-refractivity contribution in [2.24, 2.45) is 0 Å². The van der Waals surface area contributed by atoms with Crippen molar-refractivity contribution in [1.82, 2.24) is 0 Å². The Kier molecular flexibility index (Phi) is 6.30. The van der Waals surface area contributed by atoms with E-state index in [1.807, 2.05) is 6.92 Å². The van der Waals surface area contributed by atoms with Gasteiger partial charge >= 0.3 is 5.97 Å². The van der Waals surface area contributed by atoms with E-state index in [1.165, 1.54) is 0 Å². The molecule has 0 saturated carbocycles. The van der Waals surface area contributed by atoms with Gasteiger partial charge in [-0.1, -0.05) is 28.8 Å². The Hall–Kier alpha value is -0.210. The van der Waals surface area contributed by atoms with E-state index >= 15 is 0 Å². The minimum Gasteiger partial charge on any atom is -0.461 e. The monoisotopic (exact) mass is 252 g/mol. The van der Waals surface area contributed by atoms with Crippen molar-refractivity contribution in [3.8, 4) is 0 Å². The van der Waals surface area contributed by atoms with E-state index in [9.17, 15) is 4.79 Å². The molecule has 0 radical (unpaired) electrons. The molecule has 0 aromatic heterocycles. The number of ether oxygens (including phenoxy) is 1. The van der Waals surface area contributed by atoms with Gasteiger partial charge < -0.3 is 4.74 Å². The Balaban J connectivity index is 4.04. The summed E-state index contributed by atoms with van der Waals surface area (Å²) in [5.41, 5.74) is 1.05. The third kappa shape index (κ3) is 6.80. The lowest BCUT2D eigenvalue weighted by molar-refractivity contribution is -0.148. The maximum absolute atomic E-state index is 11.4. The number of halogens is 2. The van der Waals surface area contributed by atoms with Crippen LogP contribution in [-0.2, 0) is 9.53 Å². The average molecular weight is 253 g/mol. The maximum Gasteiger partial charge on any atom is 0.342 e. The molecule has 0 atom stereocenters. The van der Waals surface area contributed by atoms with Crippen LogP contribution in [0.25, 0.3) is 0 Å². The molecule has 0 aliphatic rings. The molecule has 0 saturated heterocycles. The smallest absolute Gasteiger partial charge is 0.342 e. The van der Waals surface area contributed by atoms with Crippen molar-refractivity contribution in [2.45, 2.75) is 50.5 Å². The van der Waals surface area contributed by atoms with Gasteiger partial charge in [-0.15, -0.1) is 6.58 Å². The number of hydrogen-bond acceptors (Lipinski definition) is 2. The summed E-state index contributed by atoms with van der Waals surface area (Å²) in [6, 6.07) is 0. The summed E-state index contributed by atoms with van der Waals surface area (Å²) in [4.78, 5) is 11.4. The van der Waals surface area contributed by atoms with E-state index in [0.29, 0.717) is 6.42 Å². The van der Waals surface area contributed by atoms with Crippen LogP contribution in [-0.4, -0.2) is 16.4 Å². The Labute approximate surface area is 102 Å². The standard InChI is InChI=1S/C11H18Cl2O2/c1-8(2)6-5-7-11(12,13)10(14)15-9(3)4/h9H,1,5-7H2,2-4H3. The van der Waals surface area contributed by atoms with E-state index < -0.39 is 10.3 Å². The van der Waals surface area contributed by atoms with Crippen molar-refractivity contribution >= 4 is 29.2 Å². The van der Waals surface area contributed by atoms with Crippen LogP contribution < -0.4 is 0 Å². The molecule has 0 amide bonds. The Bertz CT molecular complexity index is 235. The molecular weight excluding hydrogens is 235 g/mol. The van der Waals surface area contributed by atoms with Crippen molar-refractivity contribution in [3.05, 3.63) is 12.2 Å². The number of rotatable bonds is 6. The zero-order valence-corrected chi connectivity index (χ0v) is 11.0. The fraction of sp³-hybridized carbons (Fsp3) is 0.727. The summed E-state index contributed by atoms with van der Waals surface area (Å²) < 4.78 is 3.52. The Morgan fingerprint density at radius 1 is 1.47 bits per heavy atom. The summed E-state index contributed by atoms with van der Waals surface area (Å²) in [6.07, 6.45) is 1.73. The molecule has 0 heterocycles. The molecule has 0 fully saturated rings. The predicted octanol–water partition coefficient (Wildman–Crippen LogP) is 3.86. The van der Waals surface area contributed by atoms with Gasteiger partial charge in [-0.25, -0.2) is 4.79 Å². The largest absolute Gasteiger partial charge is 0.461 e. The molecule has 0 unspecified atom stereocenters. The minimum absolute atomic E-state index is 0.199. The van der Waals surface area contributed by atoms with Crippen LogP contribution >= 0.6 is 23.2 Å². The molecule has 0 spiro atoms. The summed E-state index contributed by atoms with van der Waals surface area (Å²) in [5.74, 6) is -0.567. The molecule has 88 valence electrons. The third-order valence-electron chi connectivity index (χ3n) is 1.74. The first-order valence-electron chi connectivity index (χ1n) is 4.99. The second-order valence-electron chi connectivity index (χ2n) is 3.97. The number of hydrogen-bond donors (Lipinski definition) is 0. The topological polar surface area (TPSA) is 26.3 Å². The molecule has 0 N–H and O–H groups in total. The SMILES string of the molecule is C=C(C)CCCC(Cl)(Cl)C(=O)OC(C)C. The van der Waals surface area contributed by atoms with Crippen LogP contribution in [0.3, 0.4) is 0 Å². The lowest BCUT2D eigenvalue weighted by Gasteiger charge is -2.19. The second-order valence-corrected chi connectivity index (χ2v) is 5.45. The lowest BCUT2D eigenvalue weighted by Crippen LogP contribution is -2.30. The fourth-order valence-electron chi connectivity index (χ4n) is 1.01. The van der Waals surface area contributed by atoms with Crippen molar-refractivity contribution in [1.29, 1.82) is 0 Å². The van der Waals surface area contributed by atoms with Gasteiger partial charge in [-0.3, -0.25) is 0 Å². The van der Waals surface area contributed by atoms with Crippen LogP contribution in [0, 0.1) is 0 Å². The van der Waals surface area contributed by atoms with Gasteiger partial charge in [0.25, 0.3) is 0 Å². The zero-order valence-electron chi connectivity index (χ0n) is 9.48. The van der Waals surface area contributed by atoms with Crippen molar-refractivity contribution in [2.75, 3.05) is 0 Å². The third-order valence-corrected chi connectivity index (χ3v) is 2.42. The zero-order chi connectivity index (χ0) is 12.1. The number of carbonyl (C=O) groups excluding carboxylic acids is 1. The van der Waals surface area contributed by atoms with E-state index in [1.54, 1.807) is 13.8 Å². The summed E-state index contributed by atoms with van der Waals surface area (Å²) in [5, 5.41) is 0. The summed E-state index contributed by atoms with van der Waals surface area (Å²) in [6.45, 7) is 9.21. The van der Waals surface area contributed by atoms with Crippen LogP contribution in [0.1, 0.15) is 40.0 Å². The number of allylic oxidation sites excluding steroid dienone is 1. The van der Waals surface area contributed by atoms with Crippen LogP contribution in [0.2, 0.25) is 0 Å². The molecule has 15 heavy (non-hydrogen) atoms. The highest BCUT2D eigenvalue weighted by molar-refractivity contribution is 6.57. The van der Waals surface area contributed by atoms with Gasteiger partial charge in [-0.2, -0.15) is 0 Å². The van der Waals surface area contributed by atoms with Gasteiger partial charge in [0, 0.05) is 0 Å². The molecule has 0 aliphatic heterocycles. The average Bonchev–Trinajstić information content (AvgIpc) is 2.01. The van der Waals surface area contributed by atoms with E-state index in [0.717, 1.165) is 18.4 Å². The highest BCUT2D eigenvalue weighted by Crippen LogP contribution is 2.30. The van der Waals surface area contributed by atoms with Crippen molar-refractivity contribution < 1.29 is 9.53 Å². The Morgan fingerprint density at radius 2 is 2.00 bits per heavy atom. The van der Waals surface area contributed by atoms with E-state index in [4.69, 9.17) is 27.9 Å². The molecule has 0 rings (SSSR count). The van der Waals surface area contributed by atoms with E-state index in [2.05, 4.69) is 6.58 Å². The van der Waals surface area contributed by atoms with Gasteiger partial charge in [0.2, 0.25) is 4.33 Å². The first kappa shape index (κ1) is 14.8. The van der Waals surface area contributed by atoms with Crippen LogP contribution in [0.5, 0.6) is 0 Å². The molecule has 4 heteroatoms. The normalized spacial score (nSPS) is 11.6. The van der Waals surface area contributed by atoms with Gasteiger partial charge in [0.15, 0.2) is 0 Å². The highest BCUT2D eigenvalue weighted by Gasteiger charge is 2.35. The first-order chi connectivity index (χ1) is 6.75.